The molecule has 0 aliphatic rings. The van der Waals surface area contributed by atoms with E-state index in [1.807, 2.05) is 6.92 Å². The zero-order valence-corrected chi connectivity index (χ0v) is 13.7. The van der Waals surface area contributed by atoms with Gasteiger partial charge in [-0.05, 0) is 37.1 Å². The van der Waals surface area contributed by atoms with Crippen LogP contribution in [0.4, 0.5) is 5.82 Å². The van der Waals surface area contributed by atoms with Crippen LogP contribution >= 0.6 is 0 Å². The summed E-state index contributed by atoms with van der Waals surface area (Å²) in [6.07, 6.45) is 1.53. The van der Waals surface area contributed by atoms with Gasteiger partial charge in [0.1, 0.15) is 22.2 Å². The van der Waals surface area contributed by atoms with Crippen molar-refractivity contribution in [2.75, 3.05) is 18.9 Å². The third kappa shape index (κ3) is 3.14. The maximum absolute atomic E-state index is 12.6. The van der Waals surface area contributed by atoms with Gasteiger partial charge >= 0.3 is 0 Å². The van der Waals surface area contributed by atoms with Gasteiger partial charge in [-0.2, -0.15) is 0 Å². The molecular formula is C15H18N2O4S. The molecule has 0 fully saturated rings. The van der Waals surface area contributed by atoms with Crippen LogP contribution in [0.3, 0.4) is 0 Å². The molecule has 118 valence electrons. The largest absolute Gasteiger partial charge is 0.496 e. The van der Waals surface area contributed by atoms with Crippen LogP contribution in [-0.4, -0.2) is 27.6 Å². The van der Waals surface area contributed by atoms with E-state index in [1.54, 1.807) is 25.1 Å². The fourth-order valence-electron chi connectivity index (χ4n) is 2.01. The van der Waals surface area contributed by atoms with Gasteiger partial charge in [0.05, 0.1) is 14.2 Å². The van der Waals surface area contributed by atoms with Crippen LogP contribution in [0.25, 0.3) is 0 Å². The fourth-order valence-corrected chi connectivity index (χ4v) is 3.25. The number of benzene rings is 1. The van der Waals surface area contributed by atoms with E-state index in [0.717, 1.165) is 11.1 Å². The number of methoxy groups -OCH3 is 2. The Hall–Kier alpha value is -2.28. The molecular weight excluding hydrogens is 304 g/mol. The first-order chi connectivity index (χ1) is 10.4. The van der Waals surface area contributed by atoms with Crippen molar-refractivity contribution in [2.24, 2.45) is 0 Å². The molecule has 0 spiro atoms. The second-order valence-electron chi connectivity index (χ2n) is 4.75. The summed E-state index contributed by atoms with van der Waals surface area (Å²) in [6, 6.07) is 6.58. The minimum atomic E-state index is -3.85. The summed E-state index contributed by atoms with van der Waals surface area (Å²) >= 11 is 0. The number of hydrogen-bond donors (Lipinski definition) is 1. The summed E-state index contributed by atoms with van der Waals surface area (Å²) in [6.45, 7) is 3.59. The highest BCUT2D eigenvalue weighted by Gasteiger charge is 2.23. The highest BCUT2D eigenvalue weighted by molar-refractivity contribution is 7.92. The minimum Gasteiger partial charge on any atom is -0.496 e. The number of aryl methyl sites for hydroxylation is 2. The number of sulfonamides is 1. The topological polar surface area (TPSA) is 77.5 Å². The van der Waals surface area contributed by atoms with E-state index in [2.05, 4.69) is 9.71 Å². The molecule has 0 bridgehead atoms. The Balaban J connectivity index is 2.51. The van der Waals surface area contributed by atoms with Gasteiger partial charge in [0, 0.05) is 12.3 Å². The maximum atomic E-state index is 12.6. The number of aromatic nitrogens is 1. The molecule has 0 radical (unpaired) electrons. The number of nitrogens with one attached hydrogen (secondary N) is 1. The van der Waals surface area contributed by atoms with E-state index in [1.165, 1.54) is 26.5 Å². The normalized spacial score (nSPS) is 11.1. The molecule has 1 aromatic heterocycles. The molecule has 0 saturated carbocycles. The molecule has 0 aliphatic heterocycles. The van der Waals surface area contributed by atoms with Crippen molar-refractivity contribution in [3.8, 4) is 11.5 Å². The first-order valence-corrected chi connectivity index (χ1v) is 8.04. The van der Waals surface area contributed by atoms with Crippen molar-refractivity contribution < 1.29 is 17.9 Å². The summed E-state index contributed by atoms with van der Waals surface area (Å²) < 4.78 is 38.1. The van der Waals surface area contributed by atoms with Crippen molar-refractivity contribution in [1.29, 1.82) is 0 Å². The highest BCUT2D eigenvalue weighted by atomic mass is 32.2. The summed E-state index contributed by atoms with van der Waals surface area (Å²) in [4.78, 5) is 4.04. The number of ether oxygens (including phenoxy) is 2. The molecule has 2 aromatic rings. The van der Waals surface area contributed by atoms with Crippen molar-refractivity contribution >= 4 is 15.8 Å². The monoisotopic (exact) mass is 322 g/mol. The van der Waals surface area contributed by atoms with Crippen LogP contribution in [-0.2, 0) is 10.0 Å². The van der Waals surface area contributed by atoms with Crippen molar-refractivity contribution in [1.82, 2.24) is 4.98 Å². The Morgan fingerprint density at radius 1 is 1.05 bits per heavy atom. The first kappa shape index (κ1) is 16.1. The second kappa shape index (κ2) is 6.23. The molecule has 1 heterocycles. The van der Waals surface area contributed by atoms with E-state index in [0.29, 0.717) is 5.75 Å². The molecule has 1 aromatic carbocycles. The molecule has 6 nitrogen and oxygen atoms in total. The smallest absolute Gasteiger partial charge is 0.266 e. The van der Waals surface area contributed by atoms with E-state index in [4.69, 9.17) is 9.47 Å². The Labute approximate surface area is 130 Å². The van der Waals surface area contributed by atoms with Gasteiger partial charge in [-0.3, -0.25) is 4.72 Å². The predicted octanol–water partition coefficient (Wildman–Crippen LogP) is 2.52. The van der Waals surface area contributed by atoms with E-state index in [9.17, 15) is 8.42 Å². The molecule has 2 rings (SSSR count). The Morgan fingerprint density at radius 2 is 1.73 bits per heavy atom. The van der Waals surface area contributed by atoms with Crippen LogP contribution in [0, 0.1) is 13.8 Å². The number of nitrogens with zero attached hydrogens (tertiary/aromatic N) is 1. The van der Waals surface area contributed by atoms with Gasteiger partial charge in [-0.25, -0.2) is 13.4 Å². The molecule has 1 N–H and O–H groups in total. The average molecular weight is 322 g/mol. The SMILES string of the molecule is COc1cc(S(=O)(=O)Nc2ncccc2C)c(OC)cc1C. The standard InChI is InChI=1S/C15H18N2O4S/c1-10-6-5-7-16-15(10)17-22(18,19)14-9-12(20-3)11(2)8-13(14)21-4/h5-9H,1-4H3,(H,16,17). The van der Waals surface area contributed by atoms with Crippen LogP contribution in [0.1, 0.15) is 11.1 Å². The van der Waals surface area contributed by atoms with Crippen LogP contribution in [0.15, 0.2) is 35.4 Å². The lowest BCUT2D eigenvalue weighted by Gasteiger charge is -2.15. The highest BCUT2D eigenvalue weighted by Crippen LogP contribution is 2.32. The second-order valence-corrected chi connectivity index (χ2v) is 6.40. The quantitative estimate of drug-likeness (QED) is 0.915. The fraction of sp³-hybridized carbons (Fsp3) is 0.267. The minimum absolute atomic E-state index is 0.00232. The van der Waals surface area contributed by atoms with Gasteiger partial charge < -0.3 is 9.47 Å². The zero-order valence-electron chi connectivity index (χ0n) is 12.9. The Kier molecular flexibility index (Phi) is 4.56. The van der Waals surface area contributed by atoms with Gasteiger partial charge in [-0.15, -0.1) is 0 Å². The van der Waals surface area contributed by atoms with Gasteiger partial charge in [0.2, 0.25) is 0 Å². The Morgan fingerprint density at radius 3 is 2.32 bits per heavy atom. The van der Waals surface area contributed by atoms with Crippen molar-refractivity contribution in [3.63, 3.8) is 0 Å². The number of rotatable bonds is 5. The third-order valence-corrected chi connectivity index (χ3v) is 4.57. The Bertz CT molecular complexity index is 788. The molecule has 7 heteroatoms. The summed E-state index contributed by atoms with van der Waals surface area (Å²) in [5.74, 6) is 1.00. The summed E-state index contributed by atoms with van der Waals surface area (Å²) in [7, 11) is -0.935. The molecule has 0 amide bonds. The number of pyridine rings is 1. The van der Waals surface area contributed by atoms with Crippen molar-refractivity contribution in [2.45, 2.75) is 18.7 Å². The predicted molar refractivity (Wildman–Crippen MR) is 84.1 cm³/mol. The molecule has 0 atom stereocenters. The van der Waals surface area contributed by atoms with Crippen LogP contribution < -0.4 is 14.2 Å². The molecule has 22 heavy (non-hydrogen) atoms. The van der Waals surface area contributed by atoms with Gasteiger partial charge in [0.25, 0.3) is 10.0 Å². The van der Waals surface area contributed by atoms with E-state index >= 15 is 0 Å². The third-order valence-electron chi connectivity index (χ3n) is 3.21. The summed E-state index contributed by atoms with van der Waals surface area (Å²) in [5.41, 5.74) is 1.51. The van der Waals surface area contributed by atoms with E-state index < -0.39 is 10.0 Å². The van der Waals surface area contributed by atoms with E-state index in [-0.39, 0.29) is 16.5 Å². The molecule has 0 aliphatic carbocycles. The molecule has 0 unspecified atom stereocenters. The number of anilines is 1. The lowest BCUT2D eigenvalue weighted by atomic mass is 10.2. The first-order valence-electron chi connectivity index (χ1n) is 6.56. The van der Waals surface area contributed by atoms with Crippen molar-refractivity contribution in [3.05, 3.63) is 41.6 Å². The molecule has 0 saturated heterocycles. The lowest BCUT2D eigenvalue weighted by Crippen LogP contribution is -2.16. The lowest BCUT2D eigenvalue weighted by molar-refractivity contribution is 0.390. The maximum Gasteiger partial charge on any atom is 0.266 e. The van der Waals surface area contributed by atoms with Crippen LogP contribution in [0.2, 0.25) is 0 Å². The summed E-state index contributed by atoms with van der Waals surface area (Å²) in [5, 5.41) is 0. The van der Waals surface area contributed by atoms with Gasteiger partial charge in [0.15, 0.2) is 0 Å². The average Bonchev–Trinajstić information content (AvgIpc) is 2.48. The van der Waals surface area contributed by atoms with Crippen LogP contribution in [0.5, 0.6) is 11.5 Å². The number of hydrogen-bond acceptors (Lipinski definition) is 5. The zero-order chi connectivity index (χ0) is 16.3. The van der Waals surface area contributed by atoms with Gasteiger partial charge in [-0.1, -0.05) is 6.07 Å².